The number of unbranched alkanes of at least 4 members (excludes halogenated alkanes) is 1. The third-order valence-electron chi connectivity index (χ3n) is 7.09. The van der Waals surface area contributed by atoms with Crippen LogP contribution in [0.4, 0.5) is 0 Å². The van der Waals surface area contributed by atoms with Gasteiger partial charge in [-0.1, -0.05) is 74.6 Å². The van der Waals surface area contributed by atoms with E-state index >= 15 is 0 Å². The Morgan fingerprint density at radius 2 is 1.76 bits per heavy atom. The highest BCUT2D eigenvalue weighted by atomic mass is 16.5. The molecule has 1 aliphatic carbocycles. The Kier molecular flexibility index (Phi) is 15.1. The fourth-order valence-corrected chi connectivity index (χ4v) is 5.02. The first-order valence-electron chi connectivity index (χ1n) is 14.1. The van der Waals surface area contributed by atoms with Crippen LogP contribution < -0.4 is 10.6 Å². The van der Waals surface area contributed by atoms with Crippen molar-refractivity contribution in [2.24, 2.45) is 11.8 Å². The van der Waals surface area contributed by atoms with Gasteiger partial charge in [-0.15, -0.1) is 13.2 Å². The number of benzene rings is 1. The van der Waals surface area contributed by atoms with E-state index in [2.05, 4.69) is 23.8 Å². The average molecular weight is 527 g/mol. The second-order valence-corrected chi connectivity index (χ2v) is 10.4. The summed E-state index contributed by atoms with van der Waals surface area (Å²) < 4.78 is 5.52. The zero-order chi connectivity index (χ0) is 27.6. The molecule has 2 amide bonds. The molecule has 0 spiro atoms. The summed E-state index contributed by atoms with van der Waals surface area (Å²) in [6, 6.07) is 8.91. The molecule has 1 saturated carbocycles. The minimum Gasteiger partial charge on any atom is -0.463 e. The number of amides is 2. The molecule has 0 bridgehead atoms. The van der Waals surface area contributed by atoms with Crippen LogP contribution in [-0.2, 0) is 25.5 Å². The van der Waals surface area contributed by atoms with Gasteiger partial charge in [0.15, 0.2) is 0 Å². The van der Waals surface area contributed by atoms with Crippen molar-refractivity contribution in [2.75, 3.05) is 13.2 Å². The highest BCUT2D eigenvalue weighted by Crippen LogP contribution is 2.27. The maximum absolute atomic E-state index is 13.3. The van der Waals surface area contributed by atoms with E-state index in [4.69, 9.17) is 4.74 Å². The van der Waals surface area contributed by atoms with Gasteiger partial charge in [0.05, 0.1) is 24.6 Å². The monoisotopic (exact) mass is 526 g/mol. The van der Waals surface area contributed by atoms with Crippen molar-refractivity contribution in [3.8, 4) is 0 Å². The number of aliphatic hydroxyl groups excluding tert-OH is 1. The molecule has 1 aliphatic rings. The number of carbonyl (C=O) groups is 3. The normalized spacial score (nSPS) is 16.0. The van der Waals surface area contributed by atoms with Crippen molar-refractivity contribution in [1.29, 1.82) is 0 Å². The second kappa shape index (κ2) is 18.3. The molecule has 1 aromatic rings. The maximum Gasteiger partial charge on any atom is 0.305 e. The van der Waals surface area contributed by atoms with Crippen LogP contribution in [0.2, 0.25) is 0 Å². The lowest BCUT2D eigenvalue weighted by Gasteiger charge is -2.28. The Morgan fingerprint density at radius 3 is 2.42 bits per heavy atom. The SMILES string of the molecule is C=CCCCC(=O)OCC(CC1CCCCC1)NC(=O)C(CC=C)CC(=O)NC(CO)Cc1ccccc1. The molecular weight excluding hydrogens is 480 g/mol. The molecule has 3 N–H and O–H groups in total. The van der Waals surface area contributed by atoms with E-state index in [1.807, 2.05) is 30.3 Å². The van der Waals surface area contributed by atoms with E-state index in [0.717, 1.165) is 31.2 Å². The Hall–Kier alpha value is -2.93. The fourth-order valence-electron chi connectivity index (χ4n) is 5.02. The fraction of sp³-hybridized carbons (Fsp3) is 0.581. The summed E-state index contributed by atoms with van der Waals surface area (Å²) in [6.45, 7) is 7.37. The number of allylic oxidation sites excluding steroid dienone is 2. The number of esters is 1. The first kappa shape index (κ1) is 31.3. The molecule has 0 radical (unpaired) electrons. The van der Waals surface area contributed by atoms with Crippen LogP contribution in [0, 0.1) is 11.8 Å². The van der Waals surface area contributed by atoms with Crippen LogP contribution in [0.3, 0.4) is 0 Å². The average Bonchev–Trinajstić information content (AvgIpc) is 2.92. The van der Waals surface area contributed by atoms with Crippen molar-refractivity contribution >= 4 is 17.8 Å². The lowest BCUT2D eigenvalue weighted by Crippen LogP contribution is -2.45. The summed E-state index contributed by atoms with van der Waals surface area (Å²) >= 11 is 0. The summed E-state index contributed by atoms with van der Waals surface area (Å²) in [5.74, 6) is -0.921. The van der Waals surface area contributed by atoms with E-state index < -0.39 is 12.0 Å². The summed E-state index contributed by atoms with van der Waals surface area (Å²) in [5, 5.41) is 15.7. The van der Waals surface area contributed by atoms with Gasteiger partial charge in [0, 0.05) is 12.8 Å². The number of hydrogen-bond donors (Lipinski definition) is 3. The Labute approximate surface area is 228 Å². The zero-order valence-corrected chi connectivity index (χ0v) is 22.7. The van der Waals surface area contributed by atoms with E-state index in [-0.39, 0.29) is 43.5 Å². The largest absolute Gasteiger partial charge is 0.463 e. The number of rotatable bonds is 18. The highest BCUT2D eigenvalue weighted by Gasteiger charge is 2.27. The van der Waals surface area contributed by atoms with Crippen molar-refractivity contribution in [2.45, 2.75) is 89.1 Å². The minimum absolute atomic E-state index is 0.0133. The van der Waals surface area contributed by atoms with Crippen molar-refractivity contribution in [3.05, 3.63) is 61.2 Å². The molecule has 7 nitrogen and oxygen atoms in total. The Bertz CT molecular complexity index is 866. The molecule has 7 heteroatoms. The van der Waals surface area contributed by atoms with E-state index in [1.54, 1.807) is 12.2 Å². The van der Waals surface area contributed by atoms with Gasteiger partial charge in [0.1, 0.15) is 6.61 Å². The molecule has 0 saturated heterocycles. The van der Waals surface area contributed by atoms with Gasteiger partial charge < -0.3 is 20.5 Å². The molecule has 3 unspecified atom stereocenters. The molecule has 0 heterocycles. The van der Waals surface area contributed by atoms with Gasteiger partial charge in [-0.3, -0.25) is 14.4 Å². The molecule has 2 rings (SSSR count). The molecule has 0 aliphatic heterocycles. The van der Waals surface area contributed by atoms with Crippen LogP contribution in [0.15, 0.2) is 55.6 Å². The van der Waals surface area contributed by atoms with Gasteiger partial charge in [0.2, 0.25) is 11.8 Å². The maximum atomic E-state index is 13.3. The third-order valence-corrected chi connectivity index (χ3v) is 7.09. The van der Waals surface area contributed by atoms with Gasteiger partial charge in [-0.25, -0.2) is 0 Å². The summed E-state index contributed by atoms with van der Waals surface area (Å²) in [6.07, 6.45) is 12.6. The highest BCUT2D eigenvalue weighted by molar-refractivity contribution is 5.86. The Balaban J connectivity index is 1.96. The van der Waals surface area contributed by atoms with Crippen LogP contribution in [-0.4, -0.2) is 48.2 Å². The third kappa shape index (κ3) is 12.5. The van der Waals surface area contributed by atoms with Crippen molar-refractivity contribution in [1.82, 2.24) is 10.6 Å². The van der Waals surface area contributed by atoms with Crippen molar-refractivity contribution < 1.29 is 24.2 Å². The second-order valence-electron chi connectivity index (χ2n) is 10.4. The lowest BCUT2D eigenvalue weighted by atomic mass is 9.84. The molecule has 1 aromatic carbocycles. The summed E-state index contributed by atoms with van der Waals surface area (Å²) in [4.78, 5) is 38.3. The topological polar surface area (TPSA) is 105 Å². The molecule has 210 valence electrons. The van der Waals surface area contributed by atoms with Crippen LogP contribution in [0.5, 0.6) is 0 Å². The number of nitrogens with one attached hydrogen (secondary N) is 2. The summed E-state index contributed by atoms with van der Waals surface area (Å²) in [5.41, 5.74) is 1.01. The van der Waals surface area contributed by atoms with Gasteiger partial charge in [-0.05, 0) is 43.6 Å². The van der Waals surface area contributed by atoms with E-state index in [0.29, 0.717) is 31.6 Å². The number of carbonyl (C=O) groups excluding carboxylic acids is 3. The van der Waals surface area contributed by atoms with E-state index in [1.165, 1.54) is 19.3 Å². The molecule has 1 fully saturated rings. The minimum atomic E-state index is -0.597. The predicted octanol–water partition coefficient (Wildman–Crippen LogP) is 4.64. The van der Waals surface area contributed by atoms with E-state index in [9.17, 15) is 19.5 Å². The summed E-state index contributed by atoms with van der Waals surface area (Å²) in [7, 11) is 0. The van der Waals surface area contributed by atoms with Crippen LogP contribution in [0.1, 0.15) is 76.2 Å². The predicted molar refractivity (Wildman–Crippen MR) is 150 cm³/mol. The van der Waals surface area contributed by atoms with Crippen LogP contribution in [0.25, 0.3) is 0 Å². The first-order valence-corrected chi connectivity index (χ1v) is 14.1. The zero-order valence-electron chi connectivity index (χ0n) is 22.7. The van der Waals surface area contributed by atoms with Crippen LogP contribution >= 0.6 is 0 Å². The smallest absolute Gasteiger partial charge is 0.305 e. The quantitative estimate of drug-likeness (QED) is 0.147. The van der Waals surface area contributed by atoms with Gasteiger partial charge >= 0.3 is 5.97 Å². The van der Waals surface area contributed by atoms with Gasteiger partial charge in [-0.2, -0.15) is 0 Å². The Morgan fingerprint density at radius 1 is 1.03 bits per heavy atom. The molecular formula is C31H46N2O5. The van der Waals surface area contributed by atoms with Crippen molar-refractivity contribution in [3.63, 3.8) is 0 Å². The number of hydrogen-bond acceptors (Lipinski definition) is 5. The standard InChI is InChI=1S/C31H46N2O5/c1-3-5-8-18-30(36)38-23-28(20-25-16-11-7-12-17-25)33-31(37)26(13-4-2)21-29(35)32-27(22-34)19-24-14-9-6-10-15-24/h3-4,6,9-10,14-15,25-28,34H,1-2,5,7-8,11-13,16-23H2,(H,32,35)(H,33,37). The molecule has 38 heavy (non-hydrogen) atoms. The lowest BCUT2D eigenvalue weighted by molar-refractivity contribution is -0.145. The molecule has 0 aromatic heterocycles. The number of aliphatic hydroxyl groups is 1. The number of ether oxygens (including phenoxy) is 1. The molecule has 3 atom stereocenters. The van der Waals surface area contributed by atoms with Gasteiger partial charge in [0.25, 0.3) is 0 Å². The first-order chi connectivity index (χ1) is 18.4.